The van der Waals surface area contributed by atoms with Gasteiger partial charge in [0, 0.05) is 25.1 Å². The summed E-state index contributed by atoms with van der Waals surface area (Å²) in [6, 6.07) is 7.44. The zero-order valence-electron chi connectivity index (χ0n) is 15.3. The van der Waals surface area contributed by atoms with E-state index in [1.165, 1.54) is 0 Å². The number of imide groups is 1. The van der Waals surface area contributed by atoms with E-state index in [9.17, 15) is 14.4 Å². The zero-order chi connectivity index (χ0) is 18.5. The van der Waals surface area contributed by atoms with Gasteiger partial charge in [-0.25, -0.2) is 0 Å². The van der Waals surface area contributed by atoms with Crippen molar-refractivity contribution in [1.82, 2.24) is 15.5 Å². The highest BCUT2D eigenvalue weighted by Gasteiger charge is 2.30. The van der Waals surface area contributed by atoms with Crippen molar-refractivity contribution in [2.75, 3.05) is 26.2 Å². The fourth-order valence-corrected chi connectivity index (χ4v) is 3.71. The van der Waals surface area contributed by atoms with Gasteiger partial charge >= 0.3 is 0 Å². The standard InChI is InChI=1S/C20H27N3O3/c1-2-21-13-15-7-9-23(10-8-15)20(26)16-5-3-14(4-6-16)11-17-12-18(24)22-19(17)25/h3-6,15,17,21H,2,7-13H2,1H3,(H,22,24,25). The molecule has 2 fully saturated rings. The van der Waals surface area contributed by atoms with Gasteiger partial charge in [0.2, 0.25) is 11.8 Å². The molecule has 1 aromatic carbocycles. The van der Waals surface area contributed by atoms with Crippen LogP contribution in [-0.4, -0.2) is 48.8 Å². The number of benzene rings is 1. The van der Waals surface area contributed by atoms with Crippen LogP contribution in [0.3, 0.4) is 0 Å². The van der Waals surface area contributed by atoms with Crippen LogP contribution in [0.15, 0.2) is 24.3 Å². The van der Waals surface area contributed by atoms with Crippen LogP contribution in [0.4, 0.5) is 0 Å². The maximum Gasteiger partial charge on any atom is 0.253 e. The lowest BCUT2D eigenvalue weighted by molar-refractivity contribution is -0.125. The van der Waals surface area contributed by atoms with Gasteiger partial charge in [0.15, 0.2) is 0 Å². The molecule has 26 heavy (non-hydrogen) atoms. The lowest BCUT2D eigenvalue weighted by atomic mass is 9.95. The third kappa shape index (κ3) is 4.49. The molecule has 6 nitrogen and oxygen atoms in total. The minimum atomic E-state index is -0.292. The molecule has 1 aromatic rings. The average molecular weight is 357 g/mol. The molecule has 0 saturated carbocycles. The molecular weight excluding hydrogens is 330 g/mol. The van der Waals surface area contributed by atoms with Crippen LogP contribution in [-0.2, 0) is 16.0 Å². The summed E-state index contributed by atoms with van der Waals surface area (Å²) < 4.78 is 0. The van der Waals surface area contributed by atoms with Gasteiger partial charge in [-0.15, -0.1) is 0 Å². The van der Waals surface area contributed by atoms with Gasteiger partial charge < -0.3 is 10.2 Å². The first-order chi connectivity index (χ1) is 12.6. The normalized spacial score (nSPS) is 21.1. The van der Waals surface area contributed by atoms with E-state index in [0.717, 1.165) is 44.6 Å². The van der Waals surface area contributed by atoms with E-state index in [2.05, 4.69) is 17.6 Å². The van der Waals surface area contributed by atoms with E-state index >= 15 is 0 Å². The molecule has 2 saturated heterocycles. The maximum absolute atomic E-state index is 12.7. The summed E-state index contributed by atoms with van der Waals surface area (Å²) in [6.07, 6.45) is 2.87. The third-order valence-electron chi connectivity index (χ3n) is 5.33. The zero-order valence-corrected chi connectivity index (χ0v) is 15.3. The van der Waals surface area contributed by atoms with Crippen molar-refractivity contribution in [2.45, 2.75) is 32.6 Å². The number of carbonyl (C=O) groups is 3. The summed E-state index contributed by atoms with van der Waals surface area (Å²) in [5.41, 5.74) is 1.66. The monoisotopic (exact) mass is 357 g/mol. The fourth-order valence-electron chi connectivity index (χ4n) is 3.71. The molecule has 6 heteroatoms. The highest BCUT2D eigenvalue weighted by Crippen LogP contribution is 2.20. The van der Waals surface area contributed by atoms with Crippen LogP contribution in [0.1, 0.15) is 42.1 Å². The van der Waals surface area contributed by atoms with Crippen molar-refractivity contribution in [3.63, 3.8) is 0 Å². The number of nitrogens with zero attached hydrogens (tertiary/aromatic N) is 1. The number of carbonyl (C=O) groups excluding carboxylic acids is 3. The van der Waals surface area contributed by atoms with Crippen LogP contribution in [0, 0.1) is 11.8 Å². The molecule has 0 bridgehead atoms. The van der Waals surface area contributed by atoms with Crippen LogP contribution in [0.25, 0.3) is 0 Å². The SMILES string of the molecule is CCNCC1CCN(C(=O)c2ccc(CC3CC(=O)NC3=O)cc2)CC1. The Kier molecular flexibility index (Phi) is 6.04. The summed E-state index contributed by atoms with van der Waals surface area (Å²) in [7, 11) is 0. The number of likely N-dealkylation sites (tertiary alicyclic amines) is 1. The molecule has 2 aliphatic heterocycles. The highest BCUT2D eigenvalue weighted by atomic mass is 16.2. The van der Waals surface area contributed by atoms with Gasteiger partial charge in [-0.05, 0) is 56.0 Å². The summed E-state index contributed by atoms with van der Waals surface area (Å²) in [4.78, 5) is 37.5. The van der Waals surface area contributed by atoms with Crippen molar-refractivity contribution >= 4 is 17.7 Å². The van der Waals surface area contributed by atoms with Gasteiger partial charge in [-0.2, -0.15) is 0 Å². The summed E-state index contributed by atoms with van der Waals surface area (Å²) >= 11 is 0. The molecule has 2 N–H and O–H groups in total. The molecule has 1 atom stereocenters. The number of piperidine rings is 1. The second-order valence-electron chi connectivity index (χ2n) is 7.26. The van der Waals surface area contributed by atoms with Gasteiger partial charge in [0.05, 0.1) is 5.92 Å². The Hall–Kier alpha value is -2.21. The van der Waals surface area contributed by atoms with E-state index < -0.39 is 0 Å². The van der Waals surface area contributed by atoms with E-state index in [0.29, 0.717) is 17.9 Å². The minimum absolute atomic E-state index is 0.0761. The Balaban J connectivity index is 1.53. The molecule has 0 spiro atoms. The molecular formula is C20H27N3O3. The number of hydrogen-bond acceptors (Lipinski definition) is 4. The topological polar surface area (TPSA) is 78.5 Å². The Morgan fingerprint density at radius 3 is 2.46 bits per heavy atom. The minimum Gasteiger partial charge on any atom is -0.339 e. The second kappa shape index (κ2) is 8.45. The Morgan fingerprint density at radius 2 is 1.88 bits per heavy atom. The first kappa shape index (κ1) is 18.6. The van der Waals surface area contributed by atoms with E-state index in [4.69, 9.17) is 0 Å². The van der Waals surface area contributed by atoms with Crippen molar-refractivity contribution in [3.05, 3.63) is 35.4 Å². The van der Waals surface area contributed by atoms with Crippen molar-refractivity contribution in [2.24, 2.45) is 11.8 Å². The predicted octanol–water partition coefficient (Wildman–Crippen LogP) is 1.35. The molecule has 0 radical (unpaired) electrons. The predicted molar refractivity (Wildman–Crippen MR) is 98.6 cm³/mol. The molecule has 1 unspecified atom stereocenters. The maximum atomic E-state index is 12.7. The molecule has 0 aliphatic carbocycles. The third-order valence-corrected chi connectivity index (χ3v) is 5.33. The number of hydrogen-bond donors (Lipinski definition) is 2. The lowest BCUT2D eigenvalue weighted by Gasteiger charge is -2.32. The Morgan fingerprint density at radius 1 is 1.19 bits per heavy atom. The first-order valence-electron chi connectivity index (χ1n) is 9.49. The van der Waals surface area contributed by atoms with Crippen molar-refractivity contribution < 1.29 is 14.4 Å². The first-order valence-corrected chi connectivity index (χ1v) is 9.49. The van der Waals surface area contributed by atoms with Crippen LogP contribution in [0.5, 0.6) is 0 Å². The summed E-state index contributed by atoms with van der Waals surface area (Å²) in [6.45, 7) is 5.74. The second-order valence-corrected chi connectivity index (χ2v) is 7.26. The average Bonchev–Trinajstić information content (AvgIpc) is 2.97. The Labute approximate surface area is 154 Å². The van der Waals surface area contributed by atoms with Gasteiger partial charge in [-0.1, -0.05) is 19.1 Å². The number of nitrogens with one attached hydrogen (secondary N) is 2. The largest absolute Gasteiger partial charge is 0.339 e. The van der Waals surface area contributed by atoms with Gasteiger partial charge in [0.1, 0.15) is 0 Å². The smallest absolute Gasteiger partial charge is 0.253 e. The van der Waals surface area contributed by atoms with E-state index in [1.807, 2.05) is 29.2 Å². The van der Waals surface area contributed by atoms with Crippen LogP contribution >= 0.6 is 0 Å². The molecule has 3 rings (SSSR count). The van der Waals surface area contributed by atoms with Crippen LogP contribution in [0.2, 0.25) is 0 Å². The van der Waals surface area contributed by atoms with Crippen LogP contribution < -0.4 is 10.6 Å². The molecule has 2 heterocycles. The number of amides is 3. The van der Waals surface area contributed by atoms with E-state index in [1.54, 1.807) is 0 Å². The fraction of sp³-hybridized carbons (Fsp3) is 0.550. The number of rotatable bonds is 6. The summed E-state index contributed by atoms with van der Waals surface area (Å²) in [5, 5.41) is 5.72. The lowest BCUT2D eigenvalue weighted by Crippen LogP contribution is -2.40. The Bertz CT molecular complexity index is 663. The molecule has 2 aliphatic rings. The van der Waals surface area contributed by atoms with Gasteiger partial charge in [-0.3, -0.25) is 19.7 Å². The summed E-state index contributed by atoms with van der Waals surface area (Å²) in [5.74, 6) is 0.0358. The van der Waals surface area contributed by atoms with E-state index in [-0.39, 0.29) is 30.1 Å². The molecule has 3 amide bonds. The quantitative estimate of drug-likeness (QED) is 0.754. The van der Waals surface area contributed by atoms with Gasteiger partial charge in [0.25, 0.3) is 5.91 Å². The van der Waals surface area contributed by atoms with Crippen molar-refractivity contribution in [3.8, 4) is 0 Å². The highest BCUT2D eigenvalue weighted by molar-refractivity contribution is 6.03. The molecule has 0 aromatic heterocycles. The molecule has 140 valence electrons. The van der Waals surface area contributed by atoms with Crippen molar-refractivity contribution in [1.29, 1.82) is 0 Å².